The zero-order chi connectivity index (χ0) is 14.2. The average molecular weight is 299 g/mol. The minimum absolute atomic E-state index is 0.0316. The molecule has 1 unspecified atom stereocenters. The van der Waals surface area contributed by atoms with E-state index in [0.29, 0.717) is 5.56 Å². The molecule has 0 aliphatic rings. The van der Waals surface area contributed by atoms with Gasteiger partial charge in [0, 0.05) is 9.75 Å². The molecular weight excluding hydrogens is 283 g/mol. The summed E-state index contributed by atoms with van der Waals surface area (Å²) in [6.45, 7) is 6.39. The largest absolute Gasteiger partial charge is 0.383 e. The van der Waals surface area contributed by atoms with Gasteiger partial charge in [0.05, 0.1) is 5.02 Å². The van der Waals surface area contributed by atoms with Crippen LogP contribution in [0.3, 0.4) is 0 Å². The van der Waals surface area contributed by atoms with E-state index in [1.54, 1.807) is 17.4 Å². The molecule has 0 aliphatic carbocycles. The second kappa shape index (κ2) is 5.23. The summed E-state index contributed by atoms with van der Waals surface area (Å²) in [5, 5.41) is 10.3. The Bertz CT molecular complexity index is 586. The lowest BCUT2D eigenvalue weighted by Crippen LogP contribution is -2.07. The van der Waals surface area contributed by atoms with Crippen molar-refractivity contribution in [2.24, 2.45) is 0 Å². The Labute approximate surface area is 121 Å². The van der Waals surface area contributed by atoms with E-state index >= 15 is 0 Å². The highest BCUT2D eigenvalue weighted by Crippen LogP contribution is 2.35. The van der Waals surface area contributed by atoms with Crippen molar-refractivity contribution in [3.8, 4) is 0 Å². The summed E-state index contributed by atoms with van der Waals surface area (Å²) in [4.78, 5) is 2.04. The molecule has 2 rings (SSSR count). The van der Waals surface area contributed by atoms with Crippen LogP contribution in [0.25, 0.3) is 0 Å². The molecule has 0 saturated heterocycles. The van der Waals surface area contributed by atoms with Crippen molar-refractivity contribution in [1.82, 2.24) is 0 Å². The maximum absolute atomic E-state index is 13.1. The Morgan fingerprint density at radius 2 is 1.89 bits per heavy atom. The Morgan fingerprint density at radius 1 is 1.21 bits per heavy atom. The van der Waals surface area contributed by atoms with Crippen molar-refractivity contribution in [1.29, 1.82) is 0 Å². The van der Waals surface area contributed by atoms with Gasteiger partial charge in [-0.1, -0.05) is 38.4 Å². The highest BCUT2D eigenvalue weighted by atomic mass is 35.5. The standard InChI is InChI=1S/C15H16ClFOS/c1-15(2,3)13-7-6-12(19-13)14(18)9-4-5-11(17)10(16)8-9/h4-8,14,18H,1-3H3. The SMILES string of the molecule is CC(C)(C)c1ccc(C(O)c2ccc(F)c(Cl)c2)s1. The molecule has 1 atom stereocenters. The molecular formula is C15H16ClFOS. The van der Waals surface area contributed by atoms with Crippen molar-refractivity contribution in [3.05, 3.63) is 56.5 Å². The Hall–Kier alpha value is -0.900. The molecule has 102 valence electrons. The summed E-state index contributed by atoms with van der Waals surface area (Å²) >= 11 is 7.31. The molecule has 0 radical (unpaired) electrons. The van der Waals surface area contributed by atoms with E-state index < -0.39 is 11.9 Å². The number of hydrogen-bond acceptors (Lipinski definition) is 2. The second-order valence-electron chi connectivity index (χ2n) is 5.53. The predicted molar refractivity (Wildman–Crippen MR) is 78.5 cm³/mol. The van der Waals surface area contributed by atoms with Gasteiger partial charge in [-0.25, -0.2) is 4.39 Å². The highest BCUT2D eigenvalue weighted by Gasteiger charge is 2.20. The van der Waals surface area contributed by atoms with Gasteiger partial charge in [0.1, 0.15) is 11.9 Å². The molecule has 1 aromatic heterocycles. The number of hydrogen-bond donors (Lipinski definition) is 1. The maximum atomic E-state index is 13.1. The Kier molecular flexibility index (Phi) is 4.00. The molecule has 1 N–H and O–H groups in total. The monoisotopic (exact) mass is 298 g/mol. The van der Waals surface area contributed by atoms with Crippen LogP contribution in [0.1, 0.15) is 42.2 Å². The molecule has 0 amide bonds. The number of aliphatic hydroxyl groups excluding tert-OH is 1. The summed E-state index contributed by atoms with van der Waals surface area (Å²) < 4.78 is 13.1. The van der Waals surface area contributed by atoms with Crippen molar-refractivity contribution in [2.45, 2.75) is 32.3 Å². The zero-order valence-corrected chi connectivity index (χ0v) is 12.6. The minimum Gasteiger partial charge on any atom is -0.383 e. The van der Waals surface area contributed by atoms with E-state index in [4.69, 9.17) is 11.6 Å². The van der Waals surface area contributed by atoms with Crippen LogP contribution in [0.2, 0.25) is 5.02 Å². The first-order valence-electron chi connectivity index (χ1n) is 6.02. The van der Waals surface area contributed by atoms with Gasteiger partial charge < -0.3 is 5.11 Å². The summed E-state index contributed by atoms with van der Waals surface area (Å²) in [6, 6.07) is 8.24. The number of aliphatic hydroxyl groups is 1. The molecule has 2 aromatic rings. The zero-order valence-electron chi connectivity index (χ0n) is 11.1. The maximum Gasteiger partial charge on any atom is 0.141 e. The second-order valence-corrected chi connectivity index (χ2v) is 7.05. The van der Waals surface area contributed by atoms with Crippen LogP contribution < -0.4 is 0 Å². The van der Waals surface area contributed by atoms with Crippen molar-refractivity contribution in [2.75, 3.05) is 0 Å². The van der Waals surface area contributed by atoms with Crippen LogP contribution >= 0.6 is 22.9 Å². The van der Waals surface area contributed by atoms with Gasteiger partial charge in [-0.05, 0) is 35.2 Å². The Balaban J connectivity index is 2.31. The van der Waals surface area contributed by atoms with E-state index in [-0.39, 0.29) is 10.4 Å². The smallest absolute Gasteiger partial charge is 0.141 e. The lowest BCUT2D eigenvalue weighted by Gasteiger charge is -2.16. The van der Waals surface area contributed by atoms with E-state index in [1.165, 1.54) is 17.0 Å². The van der Waals surface area contributed by atoms with Gasteiger partial charge in [0.2, 0.25) is 0 Å². The first-order valence-corrected chi connectivity index (χ1v) is 7.21. The van der Waals surface area contributed by atoms with E-state index in [2.05, 4.69) is 20.8 Å². The van der Waals surface area contributed by atoms with E-state index in [0.717, 1.165) is 4.88 Å². The fraction of sp³-hybridized carbons (Fsp3) is 0.333. The van der Waals surface area contributed by atoms with Gasteiger partial charge >= 0.3 is 0 Å². The lowest BCUT2D eigenvalue weighted by atomic mass is 9.95. The predicted octanol–water partition coefficient (Wildman–Crippen LogP) is 4.92. The number of benzene rings is 1. The van der Waals surface area contributed by atoms with Gasteiger partial charge in [-0.3, -0.25) is 0 Å². The third kappa shape index (κ3) is 3.16. The van der Waals surface area contributed by atoms with Gasteiger partial charge in [-0.15, -0.1) is 11.3 Å². The van der Waals surface area contributed by atoms with Crippen LogP contribution in [0.4, 0.5) is 4.39 Å². The summed E-state index contributed by atoms with van der Waals surface area (Å²) in [6.07, 6.45) is -0.765. The van der Waals surface area contributed by atoms with Crippen LogP contribution in [0, 0.1) is 5.82 Å². The molecule has 1 heterocycles. The molecule has 0 fully saturated rings. The molecule has 19 heavy (non-hydrogen) atoms. The minimum atomic E-state index is -0.765. The molecule has 0 bridgehead atoms. The molecule has 1 nitrogen and oxygen atoms in total. The van der Waals surface area contributed by atoms with Crippen molar-refractivity contribution < 1.29 is 9.50 Å². The Morgan fingerprint density at radius 3 is 2.42 bits per heavy atom. The van der Waals surface area contributed by atoms with Gasteiger partial charge in [0.15, 0.2) is 0 Å². The van der Waals surface area contributed by atoms with Crippen LogP contribution in [0.5, 0.6) is 0 Å². The van der Waals surface area contributed by atoms with Crippen molar-refractivity contribution in [3.63, 3.8) is 0 Å². The topological polar surface area (TPSA) is 20.2 Å². The average Bonchev–Trinajstić information content (AvgIpc) is 2.81. The fourth-order valence-electron chi connectivity index (χ4n) is 1.75. The number of rotatable bonds is 2. The number of halogens is 2. The third-order valence-corrected chi connectivity index (χ3v) is 4.75. The number of thiophene rings is 1. The van der Waals surface area contributed by atoms with Crippen molar-refractivity contribution >= 4 is 22.9 Å². The van der Waals surface area contributed by atoms with E-state index in [9.17, 15) is 9.50 Å². The van der Waals surface area contributed by atoms with Crippen LogP contribution in [0.15, 0.2) is 30.3 Å². The van der Waals surface area contributed by atoms with Crippen LogP contribution in [-0.2, 0) is 5.41 Å². The molecule has 0 aliphatic heterocycles. The van der Waals surface area contributed by atoms with Gasteiger partial charge in [0.25, 0.3) is 0 Å². The molecule has 0 saturated carbocycles. The summed E-state index contributed by atoms with van der Waals surface area (Å²) in [7, 11) is 0. The highest BCUT2D eigenvalue weighted by molar-refractivity contribution is 7.12. The van der Waals surface area contributed by atoms with Crippen LogP contribution in [-0.4, -0.2) is 5.11 Å². The fourth-order valence-corrected chi connectivity index (χ4v) is 3.02. The van der Waals surface area contributed by atoms with Gasteiger partial charge in [-0.2, -0.15) is 0 Å². The summed E-state index contributed by atoms with van der Waals surface area (Å²) in [5.74, 6) is -0.473. The quantitative estimate of drug-likeness (QED) is 0.834. The lowest BCUT2D eigenvalue weighted by molar-refractivity contribution is 0.224. The first kappa shape index (κ1) is 14.5. The third-order valence-electron chi connectivity index (χ3n) is 2.89. The normalized spacial score (nSPS) is 13.6. The summed E-state index contributed by atoms with van der Waals surface area (Å²) in [5.41, 5.74) is 0.664. The van der Waals surface area contributed by atoms with E-state index in [1.807, 2.05) is 12.1 Å². The molecule has 4 heteroatoms. The molecule has 0 spiro atoms. The first-order chi connectivity index (χ1) is 8.79. The molecule has 1 aromatic carbocycles.